The van der Waals surface area contributed by atoms with E-state index in [9.17, 15) is 4.39 Å². The number of nitrogens with zero attached hydrogens (tertiary/aromatic N) is 4. The zero-order valence-electron chi connectivity index (χ0n) is 11.2. The van der Waals surface area contributed by atoms with Crippen LogP contribution >= 0.6 is 11.8 Å². The van der Waals surface area contributed by atoms with Crippen LogP contribution in [-0.4, -0.2) is 20.2 Å². The molecule has 3 rings (SSSR count). The van der Waals surface area contributed by atoms with Crippen LogP contribution in [0.3, 0.4) is 0 Å². The Kier molecular flexibility index (Phi) is 4.25. The van der Waals surface area contributed by atoms with E-state index < -0.39 is 0 Å². The molecule has 21 heavy (non-hydrogen) atoms. The number of hydrogen-bond donors (Lipinski definition) is 0. The van der Waals surface area contributed by atoms with E-state index in [2.05, 4.69) is 15.5 Å². The van der Waals surface area contributed by atoms with E-state index in [1.165, 1.54) is 6.07 Å². The number of benzene rings is 2. The van der Waals surface area contributed by atoms with Crippen LogP contribution in [0, 0.1) is 5.82 Å². The third-order valence-electron chi connectivity index (χ3n) is 2.92. The summed E-state index contributed by atoms with van der Waals surface area (Å²) < 4.78 is 14.8. The molecule has 0 radical (unpaired) electrons. The van der Waals surface area contributed by atoms with Crippen molar-refractivity contribution in [1.82, 2.24) is 20.2 Å². The number of hydrogen-bond acceptors (Lipinski definition) is 4. The summed E-state index contributed by atoms with van der Waals surface area (Å²) in [4.78, 5) is 0. The van der Waals surface area contributed by atoms with Crippen LogP contribution in [-0.2, 0) is 11.5 Å². The summed E-state index contributed by atoms with van der Waals surface area (Å²) in [5, 5.41) is 11.8. The van der Waals surface area contributed by atoms with Crippen LogP contribution in [0.2, 0.25) is 0 Å². The van der Waals surface area contributed by atoms with E-state index in [0.717, 1.165) is 22.8 Å². The molecule has 0 bridgehead atoms. The third kappa shape index (κ3) is 3.46. The van der Waals surface area contributed by atoms with Crippen LogP contribution in [0.5, 0.6) is 0 Å². The molecular formula is C15H13FN4S. The Balaban J connectivity index is 1.66. The molecule has 0 aliphatic carbocycles. The highest BCUT2D eigenvalue weighted by molar-refractivity contribution is 7.97. The fraction of sp³-hybridized carbons (Fsp3) is 0.133. The van der Waals surface area contributed by atoms with Gasteiger partial charge in [-0.2, -0.15) is 4.68 Å². The molecule has 0 N–H and O–H groups in total. The van der Waals surface area contributed by atoms with Crippen molar-refractivity contribution < 1.29 is 4.39 Å². The molecule has 2 aromatic carbocycles. The highest BCUT2D eigenvalue weighted by Crippen LogP contribution is 2.18. The van der Waals surface area contributed by atoms with Crippen LogP contribution in [0.1, 0.15) is 11.4 Å². The van der Waals surface area contributed by atoms with Gasteiger partial charge in [-0.25, -0.2) is 4.39 Å². The van der Waals surface area contributed by atoms with Crippen molar-refractivity contribution >= 4 is 11.8 Å². The minimum atomic E-state index is -0.206. The molecule has 106 valence electrons. The molecule has 0 amide bonds. The van der Waals surface area contributed by atoms with Gasteiger partial charge in [-0.3, -0.25) is 0 Å². The zero-order valence-corrected chi connectivity index (χ0v) is 12.0. The van der Waals surface area contributed by atoms with Gasteiger partial charge in [0.25, 0.3) is 0 Å². The van der Waals surface area contributed by atoms with Gasteiger partial charge in [0.15, 0.2) is 5.82 Å². The van der Waals surface area contributed by atoms with Gasteiger partial charge in [-0.1, -0.05) is 30.3 Å². The standard InChI is InChI=1S/C15H13FN4S/c16-13-6-4-5-12(9-13)10-21-11-15-17-18-19-20(15)14-7-2-1-3-8-14/h1-9H,10-11H2. The molecule has 0 unspecified atom stereocenters. The van der Waals surface area contributed by atoms with E-state index in [4.69, 9.17) is 0 Å². The van der Waals surface area contributed by atoms with E-state index in [1.54, 1.807) is 28.6 Å². The first-order chi connectivity index (χ1) is 10.3. The largest absolute Gasteiger partial charge is 0.207 e. The van der Waals surface area contributed by atoms with Crippen molar-refractivity contribution in [2.75, 3.05) is 0 Å². The normalized spacial score (nSPS) is 10.7. The fourth-order valence-corrected chi connectivity index (χ4v) is 2.83. The van der Waals surface area contributed by atoms with E-state index >= 15 is 0 Å². The van der Waals surface area contributed by atoms with Gasteiger partial charge >= 0.3 is 0 Å². The molecule has 4 nitrogen and oxygen atoms in total. The highest BCUT2D eigenvalue weighted by atomic mass is 32.2. The zero-order chi connectivity index (χ0) is 14.5. The van der Waals surface area contributed by atoms with Crippen LogP contribution < -0.4 is 0 Å². The van der Waals surface area contributed by atoms with Gasteiger partial charge in [0, 0.05) is 5.75 Å². The number of rotatable bonds is 5. The summed E-state index contributed by atoms with van der Waals surface area (Å²) in [6, 6.07) is 16.4. The lowest BCUT2D eigenvalue weighted by Gasteiger charge is -2.04. The van der Waals surface area contributed by atoms with Crippen molar-refractivity contribution in [3.8, 4) is 5.69 Å². The van der Waals surface area contributed by atoms with Crippen LogP contribution in [0.15, 0.2) is 54.6 Å². The first-order valence-corrected chi connectivity index (χ1v) is 7.63. The second-order valence-electron chi connectivity index (χ2n) is 4.47. The van der Waals surface area contributed by atoms with Crippen molar-refractivity contribution in [3.05, 3.63) is 71.8 Å². The van der Waals surface area contributed by atoms with E-state index in [1.807, 2.05) is 36.4 Å². The average molecular weight is 300 g/mol. The van der Waals surface area contributed by atoms with Gasteiger partial charge in [-0.15, -0.1) is 16.9 Å². The highest BCUT2D eigenvalue weighted by Gasteiger charge is 2.08. The Morgan fingerprint density at radius 1 is 1.00 bits per heavy atom. The average Bonchev–Trinajstić information content (AvgIpc) is 2.97. The molecular weight excluding hydrogens is 287 g/mol. The lowest BCUT2D eigenvalue weighted by Crippen LogP contribution is -2.01. The van der Waals surface area contributed by atoms with Crippen molar-refractivity contribution in [3.63, 3.8) is 0 Å². The lowest BCUT2D eigenvalue weighted by molar-refractivity contribution is 0.626. The fourth-order valence-electron chi connectivity index (χ4n) is 1.95. The summed E-state index contributed by atoms with van der Waals surface area (Å²) in [6.07, 6.45) is 0. The van der Waals surface area contributed by atoms with Gasteiger partial charge in [0.05, 0.1) is 11.4 Å². The lowest BCUT2D eigenvalue weighted by atomic mass is 10.2. The Labute approximate surface area is 126 Å². The first kappa shape index (κ1) is 13.8. The molecule has 0 aliphatic rings. The molecule has 1 aromatic heterocycles. The van der Waals surface area contributed by atoms with Crippen molar-refractivity contribution in [2.45, 2.75) is 11.5 Å². The Morgan fingerprint density at radius 2 is 1.86 bits per heavy atom. The number of para-hydroxylation sites is 1. The van der Waals surface area contributed by atoms with Crippen LogP contribution in [0.4, 0.5) is 4.39 Å². The number of aromatic nitrogens is 4. The molecule has 0 fully saturated rings. The second kappa shape index (κ2) is 6.49. The predicted octanol–water partition coefficient (Wildman–Crippen LogP) is 3.23. The smallest absolute Gasteiger partial charge is 0.166 e. The summed E-state index contributed by atoms with van der Waals surface area (Å²) >= 11 is 1.65. The monoisotopic (exact) mass is 300 g/mol. The van der Waals surface area contributed by atoms with Crippen LogP contribution in [0.25, 0.3) is 5.69 Å². The predicted molar refractivity (Wildman–Crippen MR) is 80.6 cm³/mol. The molecule has 0 saturated carbocycles. The maximum absolute atomic E-state index is 13.1. The summed E-state index contributed by atoms with van der Waals surface area (Å²) in [5.74, 6) is 1.96. The summed E-state index contributed by atoms with van der Waals surface area (Å²) in [5.41, 5.74) is 1.89. The molecule has 6 heteroatoms. The third-order valence-corrected chi connectivity index (χ3v) is 3.92. The number of tetrazole rings is 1. The number of halogens is 1. The van der Waals surface area contributed by atoms with Crippen molar-refractivity contribution in [1.29, 1.82) is 0 Å². The maximum Gasteiger partial charge on any atom is 0.166 e. The minimum Gasteiger partial charge on any atom is -0.207 e. The molecule has 0 saturated heterocycles. The van der Waals surface area contributed by atoms with E-state index in [-0.39, 0.29) is 5.82 Å². The number of thioether (sulfide) groups is 1. The SMILES string of the molecule is Fc1cccc(CSCc2nnnn2-c2ccccc2)c1. The Hall–Kier alpha value is -2.21. The molecule has 0 aliphatic heterocycles. The molecule has 0 spiro atoms. The topological polar surface area (TPSA) is 43.6 Å². The first-order valence-electron chi connectivity index (χ1n) is 6.48. The molecule has 3 aromatic rings. The van der Waals surface area contributed by atoms with Gasteiger partial charge in [-0.05, 0) is 40.3 Å². The Morgan fingerprint density at radius 3 is 2.67 bits per heavy atom. The molecule has 1 heterocycles. The minimum absolute atomic E-state index is 0.206. The van der Waals surface area contributed by atoms with E-state index in [0.29, 0.717) is 5.75 Å². The molecule has 0 atom stereocenters. The second-order valence-corrected chi connectivity index (χ2v) is 5.45. The van der Waals surface area contributed by atoms with Crippen molar-refractivity contribution in [2.24, 2.45) is 0 Å². The quantitative estimate of drug-likeness (QED) is 0.725. The maximum atomic E-state index is 13.1. The Bertz CT molecular complexity index is 714. The van der Waals surface area contributed by atoms with Gasteiger partial charge < -0.3 is 0 Å². The van der Waals surface area contributed by atoms with Gasteiger partial charge in [0.1, 0.15) is 5.82 Å². The summed E-state index contributed by atoms with van der Waals surface area (Å²) in [6.45, 7) is 0. The summed E-state index contributed by atoms with van der Waals surface area (Å²) in [7, 11) is 0. The van der Waals surface area contributed by atoms with Gasteiger partial charge in [0.2, 0.25) is 0 Å².